The maximum atomic E-state index is 12.6. The number of aromatic amines is 1. The molecular weight excluding hydrogens is 328 g/mol. The molecule has 0 aliphatic carbocycles. The van der Waals surface area contributed by atoms with Crippen LogP contribution in [0.5, 0.6) is 0 Å². The van der Waals surface area contributed by atoms with Crippen molar-refractivity contribution in [3.8, 4) is 11.4 Å². The first-order chi connectivity index (χ1) is 12.7. The Bertz CT molecular complexity index is 969. The van der Waals surface area contributed by atoms with Crippen molar-refractivity contribution in [3.63, 3.8) is 0 Å². The van der Waals surface area contributed by atoms with Gasteiger partial charge in [0.15, 0.2) is 0 Å². The van der Waals surface area contributed by atoms with Crippen LogP contribution in [0, 0.1) is 0 Å². The molecule has 4 rings (SSSR count). The van der Waals surface area contributed by atoms with Gasteiger partial charge in [0.1, 0.15) is 11.6 Å². The molecule has 0 radical (unpaired) electrons. The molecule has 1 aliphatic rings. The number of rotatable bonds is 4. The van der Waals surface area contributed by atoms with Crippen molar-refractivity contribution in [1.29, 1.82) is 0 Å². The zero-order valence-electron chi connectivity index (χ0n) is 14.6. The first kappa shape index (κ1) is 16.4. The van der Waals surface area contributed by atoms with Gasteiger partial charge in [-0.05, 0) is 18.2 Å². The van der Waals surface area contributed by atoms with Gasteiger partial charge in [0, 0.05) is 62.8 Å². The molecule has 0 saturated carbocycles. The molecule has 0 saturated heterocycles. The summed E-state index contributed by atoms with van der Waals surface area (Å²) in [6, 6.07) is 7.69. The Hall–Kier alpha value is -3.06. The Morgan fingerprint density at radius 1 is 1.23 bits per heavy atom. The molecule has 0 spiro atoms. The molecule has 2 N–H and O–H groups in total. The van der Waals surface area contributed by atoms with Crippen LogP contribution in [0.15, 0.2) is 47.7 Å². The third-order valence-electron chi connectivity index (χ3n) is 4.62. The summed E-state index contributed by atoms with van der Waals surface area (Å²) in [5.41, 5.74) is 3.57. The van der Waals surface area contributed by atoms with Gasteiger partial charge in [0.25, 0.3) is 5.56 Å². The van der Waals surface area contributed by atoms with Crippen LogP contribution in [-0.2, 0) is 19.5 Å². The fourth-order valence-corrected chi connectivity index (χ4v) is 3.29. The number of hydrogen-bond acceptors (Lipinski definition) is 6. The van der Waals surface area contributed by atoms with E-state index in [4.69, 9.17) is 0 Å². The molecule has 0 amide bonds. The van der Waals surface area contributed by atoms with Gasteiger partial charge in [-0.2, -0.15) is 0 Å². The second kappa shape index (κ2) is 7.05. The van der Waals surface area contributed by atoms with Crippen molar-refractivity contribution in [2.45, 2.75) is 19.5 Å². The van der Waals surface area contributed by atoms with E-state index in [0.717, 1.165) is 47.7 Å². The second-order valence-corrected chi connectivity index (χ2v) is 6.30. The summed E-state index contributed by atoms with van der Waals surface area (Å²) in [5.74, 6) is 1.48. The Labute approximate surface area is 151 Å². The molecule has 3 aromatic rings. The summed E-state index contributed by atoms with van der Waals surface area (Å²) in [6.45, 7) is 2.19. The van der Waals surface area contributed by atoms with Crippen LogP contribution in [0.25, 0.3) is 11.4 Å². The van der Waals surface area contributed by atoms with Crippen molar-refractivity contribution >= 4 is 5.82 Å². The summed E-state index contributed by atoms with van der Waals surface area (Å²) >= 11 is 0. The van der Waals surface area contributed by atoms with Gasteiger partial charge in [-0.3, -0.25) is 14.7 Å². The molecule has 7 heteroatoms. The molecule has 132 valence electrons. The van der Waals surface area contributed by atoms with E-state index in [1.54, 1.807) is 18.6 Å². The Kier molecular flexibility index (Phi) is 4.45. The zero-order valence-corrected chi connectivity index (χ0v) is 14.6. The van der Waals surface area contributed by atoms with Gasteiger partial charge < -0.3 is 10.3 Å². The van der Waals surface area contributed by atoms with Crippen molar-refractivity contribution in [2.75, 3.05) is 18.9 Å². The van der Waals surface area contributed by atoms with Crippen LogP contribution in [0.3, 0.4) is 0 Å². The van der Waals surface area contributed by atoms with Crippen LogP contribution < -0.4 is 10.9 Å². The molecule has 0 atom stereocenters. The van der Waals surface area contributed by atoms with E-state index in [1.807, 2.05) is 25.2 Å². The van der Waals surface area contributed by atoms with E-state index in [-0.39, 0.29) is 5.56 Å². The highest BCUT2D eigenvalue weighted by molar-refractivity contribution is 5.54. The van der Waals surface area contributed by atoms with Crippen LogP contribution in [0.4, 0.5) is 5.82 Å². The summed E-state index contributed by atoms with van der Waals surface area (Å²) in [4.78, 5) is 30.8. The summed E-state index contributed by atoms with van der Waals surface area (Å²) in [5, 5.41) is 3.12. The SMILES string of the molecule is CNc1ncccc1CN1CCc2nc(-c3ccncc3)[nH]c(=O)c2C1. The predicted octanol–water partition coefficient (Wildman–Crippen LogP) is 1.83. The zero-order chi connectivity index (χ0) is 17.9. The molecular formula is C19H20N6O. The van der Waals surface area contributed by atoms with E-state index in [1.165, 1.54) is 0 Å². The first-order valence-corrected chi connectivity index (χ1v) is 8.61. The number of anilines is 1. The first-order valence-electron chi connectivity index (χ1n) is 8.61. The number of pyridine rings is 2. The van der Waals surface area contributed by atoms with E-state index < -0.39 is 0 Å². The van der Waals surface area contributed by atoms with Gasteiger partial charge in [0.05, 0.1) is 11.3 Å². The Morgan fingerprint density at radius 2 is 2.08 bits per heavy atom. The minimum atomic E-state index is -0.0634. The predicted molar refractivity (Wildman–Crippen MR) is 99.7 cm³/mol. The molecule has 0 unspecified atom stereocenters. The highest BCUT2D eigenvalue weighted by Gasteiger charge is 2.22. The lowest BCUT2D eigenvalue weighted by molar-refractivity contribution is 0.242. The van der Waals surface area contributed by atoms with Crippen molar-refractivity contribution < 1.29 is 0 Å². The van der Waals surface area contributed by atoms with Crippen molar-refractivity contribution in [1.82, 2.24) is 24.8 Å². The third-order valence-corrected chi connectivity index (χ3v) is 4.62. The van der Waals surface area contributed by atoms with E-state index in [9.17, 15) is 4.79 Å². The minimum Gasteiger partial charge on any atom is -0.373 e. The number of hydrogen-bond donors (Lipinski definition) is 2. The van der Waals surface area contributed by atoms with Crippen molar-refractivity contribution in [3.05, 3.63) is 70.0 Å². The highest BCUT2D eigenvalue weighted by Crippen LogP contribution is 2.21. The maximum Gasteiger partial charge on any atom is 0.255 e. The van der Waals surface area contributed by atoms with Crippen LogP contribution in [-0.4, -0.2) is 38.4 Å². The van der Waals surface area contributed by atoms with Gasteiger partial charge in [-0.25, -0.2) is 9.97 Å². The van der Waals surface area contributed by atoms with E-state index >= 15 is 0 Å². The van der Waals surface area contributed by atoms with Gasteiger partial charge >= 0.3 is 0 Å². The number of nitrogens with zero attached hydrogens (tertiary/aromatic N) is 4. The van der Waals surface area contributed by atoms with Gasteiger partial charge in [-0.1, -0.05) is 6.07 Å². The van der Waals surface area contributed by atoms with Gasteiger partial charge in [0.2, 0.25) is 0 Å². The third kappa shape index (κ3) is 3.21. The highest BCUT2D eigenvalue weighted by atomic mass is 16.1. The molecule has 4 heterocycles. The summed E-state index contributed by atoms with van der Waals surface area (Å²) < 4.78 is 0. The number of aromatic nitrogens is 4. The quantitative estimate of drug-likeness (QED) is 0.748. The molecule has 7 nitrogen and oxygen atoms in total. The van der Waals surface area contributed by atoms with Crippen molar-refractivity contribution in [2.24, 2.45) is 0 Å². The second-order valence-electron chi connectivity index (χ2n) is 6.30. The van der Waals surface area contributed by atoms with Crippen LogP contribution in [0.1, 0.15) is 16.8 Å². The molecule has 1 aliphatic heterocycles. The largest absolute Gasteiger partial charge is 0.373 e. The lowest BCUT2D eigenvalue weighted by Gasteiger charge is -2.28. The maximum absolute atomic E-state index is 12.6. The standard InChI is InChI=1S/C19H20N6O/c1-20-17-14(3-2-7-22-17)11-25-10-6-16-15(12-25)19(26)24-18(23-16)13-4-8-21-9-5-13/h2-5,7-9H,6,10-12H2,1H3,(H,20,22)(H,23,24,26). The lowest BCUT2D eigenvalue weighted by Crippen LogP contribution is -2.35. The van der Waals surface area contributed by atoms with Crippen LogP contribution >= 0.6 is 0 Å². The summed E-state index contributed by atoms with van der Waals surface area (Å²) in [6.07, 6.45) is 5.93. The molecule has 3 aromatic heterocycles. The monoisotopic (exact) mass is 348 g/mol. The topological polar surface area (TPSA) is 86.8 Å². The van der Waals surface area contributed by atoms with Crippen LogP contribution in [0.2, 0.25) is 0 Å². The Morgan fingerprint density at radius 3 is 2.88 bits per heavy atom. The number of H-pyrrole nitrogens is 1. The molecule has 0 fully saturated rings. The smallest absolute Gasteiger partial charge is 0.255 e. The molecule has 0 bridgehead atoms. The number of fused-ring (bicyclic) bond motifs is 1. The lowest BCUT2D eigenvalue weighted by atomic mass is 10.1. The minimum absolute atomic E-state index is 0.0634. The fourth-order valence-electron chi connectivity index (χ4n) is 3.29. The normalized spacial score (nSPS) is 14.0. The average Bonchev–Trinajstić information content (AvgIpc) is 2.69. The number of nitrogens with one attached hydrogen (secondary N) is 2. The van der Waals surface area contributed by atoms with E-state index in [0.29, 0.717) is 12.4 Å². The average molecular weight is 348 g/mol. The fraction of sp³-hybridized carbons (Fsp3) is 0.263. The van der Waals surface area contributed by atoms with Gasteiger partial charge in [-0.15, -0.1) is 0 Å². The molecule has 0 aromatic carbocycles. The molecule has 26 heavy (non-hydrogen) atoms. The summed E-state index contributed by atoms with van der Waals surface area (Å²) in [7, 11) is 1.87. The Balaban J connectivity index is 1.59. The van der Waals surface area contributed by atoms with E-state index in [2.05, 4.69) is 36.2 Å².